The van der Waals surface area contributed by atoms with Gasteiger partial charge in [-0.05, 0) is 25.0 Å². The summed E-state index contributed by atoms with van der Waals surface area (Å²) in [5, 5.41) is 3.09. The van der Waals surface area contributed by atoms with Crippen LogP contribution in [0.2, 0.25) is 0 Å². The summed E-state index contributed by atoms with van der Waals surface area (Å²) in [6.45, 7) is 6.45. The maximum atomic E-state index is 12.0. The molecule has 0 saturated carbocycles. The smallest absolute Gasteiger partial charge is 0.221 e. The van der Waals surface area contributed by atoms with Crippen LogP contribution < -0.4 is 10.2 Å². The Kier molecular flexibility index (Phi) is 5.88. The average Bonchev–Trinajstić information content (AvgIpc) is 2.62. The Morgan fingerprint density at radius 3 is 2.65 bits per heavy atom. The highest BCUT2D eigenvalue weighted by molar-refractivity contribution is 5.76. The van der Waals surface area contributed by atoms with Crippen molar-refractivity contribution >= 4 is 11.6 Å². The van der Waals surface area contributed by atoms with Crippen LogP contribution >= 0.6 is 0 Å². The summed E-state index contributed by atoms with van der Waals surface area (Å²) in [5.41, 5.74) is 1.29. The highest BCUT2D eigenvalue weighted by Crippen LogP contribution is 2.15. The minimum absolute atomic E-state index is 0.158. The summed E-state index contributed by atoms with van der Waals surface area (Å²) >= 11 is 0. The van der Waals surface area contributed by atoms with Crippen LogP contribution in [0.1, 0.15) is 19.3 Å². The fourth-order valence-corrected chi connectivity index (χ4v) is 3.28. The van der Waals surface area contributed by atoms with Gasteiger partial charge in [0.05, 0.1) is 12.6 Å². The Morgan fingerprint density at radius 1 is 1.17 bits per heavy atom. The number of nitrogens with zero attached hydrogens (tertiary/aromatic N) is 2. The molecule has 126 valence electrons. The monoisotopic (exact) mass is 317 g/mol. The van der Waals surface area contributed by atoms with Crippen molar-refractivity contribution in [3.8, 4) is 0 Å². The van der Waals surface area contributed by atoms with Gasteiger partial charge in [-0.25, -0.2) is 0 Å². The van der Waals surface area contributed by atoms with Crippen LogP contribution in [0.4, 0.5) is 5.69 Å². The molecule has 1 aromatic rings. The van der Waals surface area contributed by atoms with E-state index in [2.05, 4.69) is 45.4 Å². The van der Waals surface area contributed by atoms with Crippen LogP contribution in [0.25, 0.3) is 0 Å². The van der Waals surface area contributed by atoms with E-state index in [-0.39, 0.29) is 11.9 Å². The lowest BCUT2D eigenvalue weighted by Gasteiger charge is -2.36. The molecule has 5 nitrogen and oxygen atoms in total. The molecule has 1 unspecified atom stereocenters. The molecule has 1 atom stereocenters. The van der Waals surface area contributed by atoms with Crippen molar-refractivity contribution < 1.29 is 9.53 Å². The van der Waals surface area contributed by atoms with E-state index < -0.39 is 0 Å². The quantitative estimate of drug-likeness (QED) is 0.894. The molecule has 23 heavy (non-hydrogen) atoms. The Balaban J connectivity index is 1.35. The Hall–Kier alpha value is -1.59. The molecule has 5 heteroatoms. The molecular formula is C18H27N3O2. The number of carbonyl (C=O) groups excluding carboxylic acids is 1. The van der Waals surface area contributed by atoms with Crippen molar-refractivity contribution in [1.29, 1.82) is 0 Å². The predicted octanol–water partition coefficient (Wildman–Crippen LogP) is 1.49. The first-order chi connectivity index (χ1) is 11.3. The number of carbonyl (C=O) groups is 1. The molecule has 0 bridgehead atoms. The molecule has 0 aliphatic carbocycles. The second-order valence-corrected chi connectivity index (χ2v) is 6.40. The maximum absolute atomic E-state index is 12.0. The number of ether oxygens (including phenoxy) is 1. The fraction of sp³-hybridized carbons (Fsp3) is 0.611. The summed E-state index contributed by atoms with van der Waals surface area (Å²) in [6, 6.07) is 10.8. The van der Waals surface area contributed by atoms with Gasteiger partial charge in [0.15, 0.2) is 0 Å². The number of amides is 1. The minimum atomic E-state index is 0.158. The number of piperazine rings is 1. The molecule has 0 radical (unpaired) electrons. The summed E-state index contributed by atoms with van der Waals surface area (Å²) in [5.74, 6) is 0.158. The second kappa shape index (κ2) is 8.31. The third kappa shape index (κ3) is 4.94. The van der Waals surface area contributed by atoms with E-state index in [9.17, 15) is 4.79 Å². The summed E-state index contributed by atoms with van der Waals surface area (Å²) < 4.78 is 5.40. The highest BCUT2D eigenvalue weighted by Gasteiger charge is 2.19. The molecule has 1 aromatic carbocycles. The largest absolute Gasteiger partial charge is 0.379 e. The summed E-state index contributed by atoms with van der Waals surface area (Å²) in [7, 11) is 0. The van der Waals surface area contributed by atoms with Gasteiger partial charge < -0.3 is 15.0 Å². The lowest BCUT2D eigenvalue weighted by atomic mass is 10.1. The number of hydrogen-bond donors (Lipinski definition) is 1. The van der Waals surface area contributed by atoms with E-state index in [1.807, 2.05) is 0 Å². The zero-order valence-corrected chi connectivity index (χ0v) is 13.7. The minimum Gasteiger partial charge on any atom is -0.379 e. The van der Waals surface area contributed by atoms with E-state index in [1.54, 1.807) is 0 Å². The van der Waals surface area contributed by atoms with Crippen molar-refractivity contribution in [1.82, 2.24) is 10.2 Å². The van der Waals surface area contributed by atoms with Crippen LogP contribution in [0.3, 0.4) is 0 Å². The van der Waals surface area contributed by atoms with E-state index in [4.69, 9.17) is 4.74 Å². The zero-order valence-electron chi connectivity index (χ0n) is 13.7. The van der Waals surface area contributed by atoms with Gasteiger partial charge in [0.1, 0.15) is 0 Å². The number of rotatable bonds is 5. The first-order valence-electron chi connectivity index (χ1n) is 8.71. The third-order valence-electron chi connectivity index (χ3n) is 4.67. The first-order valence-corrected chi connectivity index (χ1v) is 8.71. The number of nitrogens with one attached hydrogen (secondary N) is 1. The van der Waals surface area contributed by atoms with Crippen molar-refractivity contribution in [2.45, 2.75) is 25.3 Å². The molecule has 2 aliphatic heterocycles. The number of anilines is 1. The van der Waals surface area contributed by atoms with E-state index in [0.29, 0.717) is 13.0 Å². The number of hydrogen-bond acceptors (Lipinski definition) is 4. The van der Waals surface area contributed by atoms with Gasteiger partial charge in [0, 0.05) is 51.4 Å². The third-order valence-corrected chi connectivity index (χ3v) is 4.67. The van der Waals surface area contributed by atoms with Crippen LogP contribution in [0.5, 0.6) is 0 Å². The summed E-state index contributed by atoms with van der Waals surface area (Å²) in [6.07, 6.45) is 2.68. The molecule has 2 aliphatic rings. The van der Waals surface area contributed by atoms with Gasteiger partial charge in [-0.2, -0.15) is 0 Å². The standard InChI is InChI=1S/C18H27N3O2/c22-18(19-16-5-4-14-23-15-16)8-9-20-10-12-21(13-11-20)17-6-2-1-3-7-17/h1-3,6-7,16H,4-5,8-15H2,(H,19,22). The molecule has 2 heterocycles. The van der Waals surface area contributed by atoms with Gasteiger partial charge in [-0.15, -0.1) is 0 Å². The summed E-state index contributed by atoms with van der Waals surface area (Å²) in [4.78, 5) is 16.8. The Bertz CT molecular complexity index is 480. The van der Waals surface area contributed by atoms with Crippen molar-refractivity contribution in [3.05, 3.63) is 30.3 Å². The SMILES string of the molecule is O=C(CCN1CCN(c2ccccc2)CC1)NC1CCCOC1. The lowest BCUT2D eigenvalue weighted by molar-refractivity contribution is -0.123. The second-order valence-electron chi connectivity index (χ2n) is 6.40. The van der Waals surface area contributed by atoms with Crippen molar-refractivity contribution in [2.24, 2.45) is 0 Å². The van der Waals surface area contributed by atoms with Crippen LogP contribution in [-0.4, -0.2) is 62.8 Å². The van der Waals surface area contributed by atoms with Gasteiger partial charge in [-0.3, -0.25) is 9.69 Å². The van der Waals surface area contributed by atoms with E-state index in [1.165, 1.54) is 5.69 Å². The molecular weight excluding hydrogens is 290 g/mol. The first kappa shape index (κ1) is 16.3. The number of benzene rings is 1. The van der Waals surface area contributed by atoms with Crippen LogP contribution in [0, 0.1) is 0 Å². The Labute approximate surface area is 138 Å². The Morgan fingerprint density at radius 2 is 1.96 bits per heavy atom. The normalized spacial score (nSPS) is 22.8. The number of para-hydroxylation sites is 1. The van der Waals surface area contributed by atoms with Crippen LogP contribution in [-0.2, 0) is 9.53 Å². The fourth-order valence-electron chi connectivity index (χ4n) is 3.28. The molecule has 1 amide bonds. The van der Waals surface area contributed by atoms with E-state index in [0.717, 1.165) is 52.2 Å². The predicted molar refractivity (Wildman–Crippen MR) is 91.7 cm³/mol. The average molecular weight is 317 g/mol. The zero-order chi connectivity index (χ0) is 15.9. The topological polar surface area (TPSA) is 44.8 Å². The van der Waals surface area contributed by atoms with Crippen LogP contribution in [0.15, 0.2) is 30.3 Å². The van der Waals surface area contributed by atoms with Gasteiger partial charge in [0.25, 0.3) is 0 Å². The van der Waals surface area contributed by atoms with E-state index >= 15 is 0 Å². The lowest BCUT2D eigenvalue weighted by Crippen LogP contribution is -2.48. The van der Waals surface area contributed by atoms with Gasteiger partial charge >= 0.3 is 0 Å². The molecule has 3 rings (SSSR count). The van der Waals surface area contributed by atoms with Gasteiger partial charge in [-0.1, -0.05) is 18.2 Å². The highest BCUT2D eigenvalue weighted by atomic mass is 16.5. The van der Waals surface area contributed by atoms with Crippen molar-refractivity contribution in [3.63, 3.8) is 0 Å². The maximum Gasteiger partial charge on any atom is 0.221 e. The molecule has 1 N–H and O–H groups in total. The molecule has 2 fully saturated rings. The van der Waals surface area contributed by atoms with Gasteiger partial charge in [0.2, 0.25) is 5.91 Å². The molecule has 2 saturated heterocycles. The van der Waals surface area contributed by atoms with Crippen molar-refractivity contribution in [2.75, 3.05) is 50.8 Å². The molecule has 0 aromatic heterocycles. The molecule has 0 spiro atoms.